The molecule has 1 fully saturated rings. The summed E-state index contributed by atoms with van der Waals surface area (Å²) in [5.74, 6) is 0.803. The third-order valence-corrected chi connectivity index (χ3v) is 2.50. The van der Waals surface area contributed by atoms with Crippen molar-refractivity contribution < 1.29 is 4.74 Å². The second kappa shape index (κ2) is 3.33. The van der Waals surface area contributed by atoms with Crippen LogP contribution in [0.5, 0.6) is 0 Å². The molecule has 14 heavy (non-hydrogen) atoms. The molecule has 1 aliphatic heterocycles. The molecule has 5 nitrogen and oxygen atoms in total. The lowest BCUT2D eigenvalue weighted by atomic mass is 9.96. The average Bonchev–Trinajstić information content (AvgIpc) is 2.51. The topological polar surface area (TPSA) is 52.0 Å². The Morgan fingerprint density at radius 2 is 2.43 bits per heavy atom. The molecule has 5 heteroatoms. The van der Waals surface area contributed by atoms with Gasteiger partial charge in [0, 0.05) is 13.6 Å². The Bertz CT molecular complexity index is 320. The molecule has 2 heterocycles. The van der Waals surface area contributed by atoms with Crippen LogP contribution in [0.4, 0.5) is 0 Å². The van der Waals surface area contributed by atoms with Crippen molar-refractivity contribution in [3.8, 4) is 0 Å². The second-order valence-electron chi connectivity index (χ2n) is 4.12. The molecule has 1 aromatic heterocycles. The number of rotatable bonds is 1. The van der Waals surface area contributed by atoms with E-state index in [1.54, 1.807) is 11.0 Å². The van der Waals surface area contributed by atoms with Crippen LogP contribution in [0.1, 0.15) is 25.7 Å². The van der Waals surface area contributed by atoms with Crippen molar-refractivity contribution in [2.24, 2.45) is 7.05 Å². The molecular weight excluding hydrogens is 180 g/mol. The van der Waals surface area contributed by atoms with Gasteiger partial charge in [-0.1, -0.05) is 0 Å². The summed E-state index contributed by atoms with van der Waals surface area (Å²) >= 11 is 0. The summed E-state index contributed by atoms with van der Waals surface area (Å²) in [6.45, 7) is 5.71. The highest BCUT2D eigenvalue weighted by Crippen LogP contribution is 2.28. The number of nitrogens with one attached hydrogen (secondary N) is 1. The predicted octanol–water partition coefficient (Wildman–Crippen LogP) is 0.255. The molecule has 0 saturated carbocycles. The Morgan fingerprint density at radius 3 is 3.00 bits per heavy atom. The Hall–Kier alpha value is -0.940. The molecular formula is C9H16N4O. The summed E-state index contributed by atoms with van der Waals surface area (Å²) < 4.78 is 7.40. The minimum absolute atomic E-state index is 0.0810. The van der Waals surface area contributed by atoms with Crippen molar-refractivity contribution in [1.29, 1.82) is 0 Å². The van der Waals surface area contributed by atoms with E-state index in [-0.39, 0.29) is 11.6 Å². The van der Waals surface area contributed by atoms with E-state index < -0.39 is 0 Å². The highest BCUT2D eigenvalue weighted by Gasteiger charge is 2.36. The largest absolute Gasteiger partial charge is 0.372 e. The van der Waals surface area contributed by atoms with Gasteiger partial charge in [0.15, 0.2) is 5.82 Å². The monoisotopic (exact) mass is 196 g/mol. The van der Waals surface area contributed by atoms with Crippen LogP contribution in [0, 0.1) is 0 Å². The maximum absolute atomic E-state index is 5.69. The maximum atomic E-state index is 5.69. The van der Waals surface area contributed by atoms with Crippen LogP contribution in [0.15, 0.2) is 6.33 Å². The first-order chi connectivity index (χ1) is 6.59. The van der Waals surface area contributed by atoms with Crippen molar-refractivity contribution in [2.45, 2.75) is 25.5 Å². The minimum atomic E-state index is -0.237. The fourth-order valence-electron chi connectivity index (χ4n) is 1.74. The van der Waals surface area contributed by atoms with Gasteiger partial charge < -0.3 is 10.1 Å². The first-order valence-electron chi connectivity index (χ1n) is 4.82. The summed E-state index contributed by atoms with van der Waals surface area (Å²) in [4.78, 5) is 4.24. The number of aryl methyl sites for hydroxylation is 1. The molecule has 0 radical (unpaired) electrons. The number of aromatic nitrogens is 3. The van der Waals surface area contributed by atoms with Gasteiger partial charge in [-0.3, -0.25) is 4.68 Å². The molecule has 0 bridgehead atoms. The lowest BCUT2D eigenvalue weighted by Gasteiger charge is -2.37. The zero-order valence-electron chi connectivity index (χ0n) is 8.82. The molecule has 2 rings (SSSR count). The van der Waals surface area contributed by atoms with Crippen molar-refractivity contribution in [1.82, 2.24) is 20.1 Å². The van der Waals surface area contributed by atoms with E-state index in [2.05, 4.69) is 29.2 Å². The van der Waals surface area contributed by atoms with E-state index in [9.17, 15) is 0 Å². The lowest BCUT2D eigenvalue weighted by molar-refractivity contribution is -0.0743. The van der Waals surface area contributed by atoms with Crippen molar-refractivity contribution in [2.75, 3.05) is 13.2 Å². The van der Waals surface area contributed by atoms with Gasteiger partial charge in [0.2, 0.25) is 0 Å². The molecule has 0 aliphatic carbocycles. The van der Waals surface area contributed by atoms with Gasteiger partial charge in [0.25, 0.3) is 0 Å². The molecule has 0 aromatic carbocycles. The summed E-state index contributed by atoms with van der Waals surface area (Å²) in [7, 11) is 1.87. The Balaban J connectivity index is 2.23. The van der Waals surface area contributed by atoms with E-state index in [0.29, 0.717) is 0 Å². The lowest BCUT2D eigenvalue weighted by Crippen LogP contribution is -2.48. The maximum Gasteiger partial charge on any atom is 0.170 e. The fraction of sp³-hybridized carbons (Fsp3) is 0.778. The summed E-state index contributed by atoms with van der Waals surface area (Å²) in [6.07, 6.45) is 1.71. The van der Waals surface area contributed by atoms with Crippen molar-refractivity contribution in [3.05, 3.63) is 12.2 Å². The Morgan fingerprint density at radius 1 is 1.64 bits per heavy atom. The molecule has 0 spiro atoms. The Kier molecular flexibility index (Phi) is 2.28. The third-order valence-electron chi connectivity index (χ3n) is 2.50. The van der Waals surface area contributed by atoms with E-state index >= 15 is 0 Å². The number of hydrogen-bond acceptors (Lipinski definition) is 4. The molecule has 0 amide bonds. The van der Waals surface area contributed by atoms with E-state index in [0.717, 1.165) is 19.0 Å². The van der Waals surface area contributed by atoms with Gasteiger partial charge in [0.05, 0.1) is 18.2 Å². The third kappa shape index (κ3) is 1.65. The van der Waals surface area contributed by atoms with Gasteiger partial charge in [0.1, 0.15) is 6.33 Å². The first kappa shape index (κ1) is 9.61. The van der Waals surface area contributed by atoms with E-state index in [1.165, 1.54) is 0 Å². The number of hydrogen-bond donors (Lipinski definition) is 1. The van der Waals surface area contributed by atoms with E-state index in [4.69, 9.17) is 4.74 Å². The van der Waals surface area contributed by atoms with Crippen LogP contribution in [-0.2, 0) is 11.8 Å². The highest BCUT2D eigenvalue weighted by atomic mass is 16.5. The SMILES string of the molecule is Cn1cnc(C2NCCOC2(C)C)n1. The fourth-order valence-corrected chi connectivity index (χ4v) is 1.74. The Labute approximate surface area is 83.5 Å². The molecule has 1 atom stereocenters. The van der Waals surface area contributed by atoms with Crippen LogP contribution in [0.25, 0.3) is 0 Å². The second-order valence-corrected chi connectivity index (χ2v) is 4.12. The summed E-state index contributed by atoms with van der Waals surface area (Å²) in [5.41, 5.74) is -0.237. The zero-order valence-corrected chi connectivity index (χ0v) is 8.82. The summed E-state index contributed by atoms with van der Waals surface area (Å²) in [6, 6.07) is 0.0810. The molecule has 1 saturated heterocycles. The average molecular weight is 196 g/mol. The van der Waals surface area contributed by atoms with E-state index in [1.807, 2.05) is 7.05 Å². The van der Waals surface area contributed by atoms with Gasteiger partial charge in [-0.25, -0.2) is 4.98 Å². The van der Waals surface area contributed by atoms with Crippen LogP contribution < -0.4 is 5.32 Å². The molecule has 1 aliphatic rings. The van der Waals surface area contributed by atoms with Gasteiger partial charge in [-0.2, -0.15) is 5.10 Å². The quantitative estimate of drug-likeness (QED) is 0.699. The smallest absolute Gasteiger partial charge is 0.170 e. The first-order valence-corrected chi connectivity index (χ1v) is 4.82. The zero-order chi connectivity index (χ0) is 10.2. The molecule has 1 unspecified atom stereocenters. The number of nitrogens with zero attached hydrogens (tertiary/aromatic N) is 3. The normalized spacial score (nSPS) is 26.4. The minimum Gasteiger partial charge on any atom is -0.372 e. The highest BCUT2D eigenvalue weighted by molar-refractivity contribution is 5.02. The molecule has 1 aromatic rings. The molecule has 1 N–H and O–H groups in total. The summed E-state index contributed by atoms with van der Waals surface area (Å²) in [5, 5.41) is 7.67. The van der Waals surface area contributed by atoms with Crippen molar-refractivity contribution in [3.63, 3.8) is 0 Å². The van der Waals surface area contributed by atoms with Gasteiger partial charge in [-0.05, 0) is 13.8 Å². The van der Waals surface area contributed by atoms with Crippen molar-refractivity contribution >= 4 is 0 Å². The number of morpholine rings is 1. The van der Waals surface area contributed by atoms with Crippen LogP contribution in [-0.4, -0.2) is 33.5 Å². The standard InChI is InChI=1S/C9H16N4O/c1-9(2)7(10-4-5-14-9)8-11-6-13(3)12-8/h6-7,10H,4-5H2,1-3H3. The van der Waals surface area contributed by atoms with Gasteiger partial charge >= 0.3 is 0 Å². The molecule has 78 valence electrons. The number of ether oxygens (including phenoxy) is 1. The van der Waals surface area contributed by atoms with Crippen LogP contribution in [0.2, 0.25) is 0 Å². The van der Waals surface area contributed by atoms with Gasteiger partial charge in [-0.15, -0.1) is 0 Å². The van der Waals surface area contributed by atoms with Crippen LogP contribution >= 0.6 is 0 Å². The predicted molar refractivity (Wildman–Crippen MR) is 51.8 cm³/mol. The van der Waals surface area contributed by atoms with Crippen LogP contribution in [0.3, 0.4) is 0 Å².